The van der Waals surface area contributed by atoms with Crippen molar-refractivity contribution in [1.29, 1.82) is 0 Å². The van der Waals surface area contributed by atoms with Gasteiger partial charge in [-0.05, 0) is 32.9 Å². The van der Waals surface area contributed by atoms with Crippen LogP contribution in [0.15, 0.2) is 30.3 Å². The van der Waals surface area contributed by atoms with Crippen molar-refractivity contribution in [2.24, 2.45) is 0 Å². The number of carbonyl (C=O) groups is 2. The average Bonchev–Trinajstić information content (AvgIpc) is 2.66. The van der Waals surface area contributed by atoms with Crippen LogP contribution in [0.4, 0.5) is 0 Å². The lowest BCUT2D eigenvalue weighted by atomic mass is 10.1. The first kappa shape index (κ1) is 18.9. The van der Waals surface area contributed by atoms with Crippen LogP contribution in [-0.4, -0.2) is 84.0 Å². The Bertz CT molecular complexity index is 618. The van der Waals surface area contributed by atoms with Crippen LogP contribution in [0.3, 0.4) is 0 Å². The standard InChI is InChI=1S/C20H29N3O3/c1-15-13-23(14-16(2)26-15)19(24)17(3)21-9-11-22(12-10-21)20(25)18-7-5-4-6-8-18/h4-8,15-17H,9-14H2,1-3H3. The fourth-order valence-corrected chi connectivity index (χ4v) is 3.85. The van der Waals surface area contributed by atoms with E-state index in [1.54, 1.807) is 0 Å². The first-order valence-corrected chi connectivity index (χ1v) is 9.48. The van der Waals surface area contributed by atoms with E-state index < -0.39 is 0 Å². The van der Waals surface area contributed by atoms with E-state index in [9.17, 15) is 9.59 Å². The van der Waals surface area contributed by atoms with Gasteiger partial charge in [0.15, 0.2) is 0 Å². The third kappa shape index (κ3) is 4.24. The van der Waals surface area contributed by atoms with Crippen molar-refractivity contribution in [3.63, 3.8) is 0 Å². The highest BCUT2D eigenvalue weighted by Crippen LogP contribution is 2.16. The summed E-state index contributed by atoms with van der Waals surface area (Å²) in [5.74, 6) is 0.231. The molecule has 2 amide bonds. The third-order valence-corrected chi connectivity index (χ3v) is 5.26. The lowest BCUT2D eigenvalue weighted by Gasteiger charge is -2.41. The van der Waals surface area contributed by atoms with E-state index in [0.29, 0.717) is 26.2 Å². The fraction of sp³-hybridized carbons (Fsp3) is 0.600. The molecule has 0 bridgehead atoms. The van der Waals surface area contributed by atoms with Crippen molar-refractivity contribution in [2.75, 3.05) is 39.3 Å². The number of hydrogen-bond acceptors (Lipinski definition) is 4. The Kier molecular flexibility index (Phi) is 5.94. The lowest BCUT2D eigenvalue weighted by Crippen LogP contribution is -2.58. The molecule has 142 valence electrons. The van der Waals surface area contributed by atoms with Crippen LogP contribution in [0.1, 0.15) is 31.1 Å². The van der Waals surface area contributed by atoms with Crippen molar-refractivity contribution < 1.29 is 14.3 Å². The highest BCUT2D eigenvalue weighted by Gasteiger charge is 2.33. The summed E-state index contributed by atoms with van der Waals surface area (Å²) >= 11 is 0. The van der Waals surface area contributed by atoms with Crippen molar-refractivity contribution in [2.45, 2.75) is 39.0 Å². The molecule has 3 unspecified atom stereocenters. The number of amides is 2. The second kappa shape index (κ2) is 8.18. The van der Waals surface area contributed by atoms with E-state index in [0.717, 1.165) is 18.7 Å². The molecule has 0 radical (unpaired) electrons. The molecule has 2 aliphatic heterocycles. The van der Waals surface area contributed by atoms with Gasteiger partial charge in [-0.25, -0.2) is 0 Å². The summed E-state index contributed by atoms with van der Waals surface area (Å²) in [7, 11) is 0. The van der Waals surface area contributed by atoms with Gasteiger partial charge in [-0.1, -0.05) is 18.2 Å². The molecular weight excluding hydrogens is 330 g/mol. The molecule has 0 aromatic heterocycles. The van der Waals surface area contributed by atoms with Crippen LogP contribution in [0.2, 0.25) is 0 Å². The zero-order valence-corrected chi connectivity index (χ0v) is 15.9. The Labute approximate surface area is 155 Å². The molecule has 1 aromatic rings. The van der Waals surface area contributed by atoms with Crippen molar-refractivity contribution in [3.8, 4) is 0 Å². The highest BCUT2D eigenvalue weighted by atomic mass is 16.5. The summed E-state index contributed by atoms with van der Waals surface area (Å²) in [6, 6.07) is 9.21. The molecule has 6 heteroatoms. The van der Waals surface area contributed by atoms with Gasteiger partial charge in [0.2, 0.25) is 5.91 Å². The minimum Gasteiger partial charge on any atom is -0.372 e. The van der Waals surface area contributed by atoms with Gasteiger partial charge in [0, 0.05) is 44.8 Å². The number of nitrogens with zero attached hydrogens (tertiary/aromatic N) is 3. The molecule has 0 N–H and O–H groups in total. The Morgan fingerprint density at radius 1 is 0.962 bits per heavy atom. The summed E-state index contributed by atoms with van der Waals surface area (Å²) in [4.78, 5) is 31.4. The van der Waals surface area contributed by atoms with Crippen LogP contribution < -0.4 is 0 Å². The summed E-state index contributed by atoms with van der Waals surface area (Å²) in [5.41, 5.74) is 0.723. The highest BCUT2D eigenvalue weighted by molar-refractivity contribution is 5.94. The minimum absolute atomic E-state index is 0.0695. The van der Waals surface area contributed by atoms with Gasteiger partial charge in [0.05, 0.1) is 18.2 Å². The molecule has 0 saturated carbocycles. The maximum Gasteiger partial charge on any atom is 0.253 e. The number of ether oxygens (including phenoxy) is 1. The van der Waals surface area contributed by atoms with E-state index in [1.807, 2.05) is 60.9 Å². The summed E-state index contributed by atoms with van der Waals surface area (Å²) in [6.07, 6.45) is 0.158. The second-order valence-electron chi connectivity index (χ2n) is 7.37. The van der Waals surface area contributed by atoms with Crippen LogP contribution in [0, 0.1) is 0 Å². The average molecular weight is 359 g/mol. The molecule has 2 saturated heterocycles. The van der Waals surface area contributed by atoms with Gasteiger partial charge in [0.1, 0.15) is 0 Å². The number of carbonyl (C=O) groups excluding carboxylic acids is 2. The van der Waals surface area contributed by atoms with E-state index in [4.69, 9.17) is 4.74 Å². The molecule has 6 nitrogen and oxygen atoms in total. The van der Waals surface area contributed by atoms with E-state index >= 15 is 0 Å². The van der Waals surface area contributed by atoms with Crippen LogP contribution in [0.5, 0.6) is 0 Å². The number of piperazine rings is 1. The number of benzene rings is 1. The Morgan fingerprint density at radius 2 is 1.54 bits per heavy atom. The zero-order valence-electron chi connectivity index (χ0n) is 15.9. The van der Waals surface area contributed by atoms with Gasteiger partial charge < -0.3 is 14.5 Å². The molecule has 2 heterocycles. The molecule has 2 fully saturated rings. The number of hydrogen-bond donors (Lipinski definition) is 0. The first-order chi connectivity index (χ1) is 12.5. The van der Waals surface area contributed by atoms with Crippen LogP contribution in [0.25, 0.3) is 0 Å². The molecule has 3 atom stereocenters. The molecule has 0 spiro atoms. The van der Waals surface area contributed by atoms with Gasteiger partial charge in [-0.3, -0.25) is 14.5 Å². The molecule has 26 heavy (non-hydrogen) atoms. The quantitative estimate of drug-likeness (QED) is 0.820. The van der Waals surface area contributed by atoms with E-state index in [-0.39, 0.29) is 30.1 Å². The third-order valence-electron chi connectivity index (χ3n) is 5.26. The summed E-state index contributed by atoms with van der Waals surface area (Å²) in [6.45, 7) is 10.1. The minimum atomic E-state index is -0.165. The van der Waals surface area contributed by atoms with Gasteiger partial charge in [-0.2, -0.15) is 0 Å². The van der Waals surface area contributed by atoms with Crippen LogP contribution in [-0.2, 0) is 9.53 Å². The molecular formula is C20H29N3O3. The summed E-state index contributed by atoms with van der Waals surface area (Å²) < 4.78 is 5.72. The number of morpholine rings is 1. The van der Waals surface area contributed by atoms with Gasteiger partial charge in [0.25, 0.3) is 5.91 Å². The SMILES string of the molecule is CC1CN(C(=O)C(C)N2CCN(C(=O)c3ccccc3)CC2)CC(C)O1. The number of rotatable bonds is 3. The summed E-state index contributed by atoms with van der Waals surface area (Å²) in [5, 5.41) is 0. The first-order valence-electron chi connectivity index (χ1n) is 9.48. The van der Waals surface area contributed by atoms with Crippen LogP contribution >= 0.6 is 0 Å². The molecule has 3 rings (SSSR count). The van der Waals surface area contributed by atoms with E-state index in [1.165, 1.54) is 0 Å². The molecule has 1 aromatic carbocycles. The molecule has 2 aliphatic rings. The van der Waals surface area contributed by atoms with Gasteiger partial charge >= 0.3 is 0 Å². The van der Waals surface area contributed by atoms with Gasteiger partial charge in [-0.15, -0.1) is 0 Å². The smallest absolute Gasteiger partial charge is 0.253 e. The predicted molar refractivity (Wildman–Crippen MR) is 100.0 cm³/mol. The maximum atomic E-state index is 12.9. The van der Waals surface area contributed by atoms with Crippen molar-refractivity contribution >= 4 is 11.8 Å². The van der Waals surface area contributed by atoms with Crippen molar-refractivity contribution in [1.82, 2.24) is 14.7 Å². The Balaban J connectivity index is 1.54. The molecule has 0 aliphatic carbocycles. The second-order valence-corrected chi connectivity index (χ2v) is 7.37. The fourth-order valence-electron chi connectivity index (χ4n) is 3.85. The monoisotopic (exact) mass is 359 g/mol. The maximum absolute atomic E-state index is 12.9. The topological polar surface area (TPSA) is 53.1 Å². The Hall–Kier alpha value is -1.92. The van der Waals surface area contributed by atoms with Crippen molar-refractivity contribution in [3.05, 3.63) is 35.9 Å². The lowest BCUT2D eigenvalue weighted by molar-refractivity contribution is -0.148. The normalized spacial score (nSPS) is 25.8. The zero-order chi connectivity index (χ0) is 18.7. The predicted octanol–water partition coefficient (Wildman–Crippen LogP) is 1.47. The largest absolute Gasteiger partial charge is 0.372 e. The van der Waals surface area contributed by atoms with E-state index in [2.05, 4.69) is 4.90 Å². The Morgan fingerprint density at radius 3 is 2.12 bits per heavy atom.